The van der Waals surface area contributed by atoms with Crippen LogP contribution in [-0.4, -0.2) is 16.8 Å². The summed E-state index contributed by atoms with van der Waals surface area (Å²) in [6, 6.07) is 5.31. The van der Waals surface area contributed by atoms with Gasteiger partial charge in [-0.15, -0.1) is 0 Å². The number of rotatable bonds is 6. The number of carbonyl (C=O) groups is 2. The normalized spacial score (nSPS) is 11.6. The Hall–Kier alpha value is -2.11. The Labute approximate surface area is 99.6 Å². The summed E-state index contributed by atoms with van der Waals surface area (Å²) >= 11 is 0. The van der Waals surface area contributed by atoms with Crippen LogP contribution in [0.5, 0.6) is 0 Å². The Bertz CT molecular complexity index is 380. The molecule has 0 spiro atoms. The summed E-state index contributed by atoms with van der Waals surface area (Å²) in [5.41, 5.74) is 10.2. The molecule has 0 aromatic carbocycles. The van der Waals surface area contributed by atoms with Crippen molar-refractivity contribution in [3.8, 4) is 0 Å². The van der Waals surface area contributed by atoms with Crippen LogP contribution >= 0.6 is 0 Å². The third-order valence-corrected chi connectivity index (χ3v) is 2.08. The lowest BCUT2D eigenvalue weighted by molar-refractivity contribution is -0.122. The Kier molecular flexibility index (Phi) is 4.93. The maximum Gasteiger partial charge on any atom is 0.238 e. The van der Waals surface area contributed by atoms with Gasteiger partial charge in [-0.3, -0.25) is 20.4 Å². The quantitative estimate of drug-likeness (QED) is 0.624. The number of nitrogens with zero attached hydrogens (tertiary/aromatic N) is 1. The van der Waals surface area contributed by atoms with Crippen LogP contribution < -0.4 is 16.6 Å². The summed E-state index contributed by atoms with van der Waals surface area (Å²) in [6.45, 7) is 1.80. The number of primary amides is 1. The number of hydrogen-bond donors (Lipinski definition) is 3. The molecule has 6 nitrogen and oxygen atoms in total. The summed E-state index contributed by atoms with van der Waals surface area (Å²) < 4.78 is 0. The molecule has 92 valence electrons. The van der Waals surface area contributed by atoms with Crippen molar-refractivity contribution < 1.29 is 9.59 Å². The molecule has 0 radical (unpaired) electrons. The van der Waals surface area contributed by atoms with E-state index in [1.165, 1.54) is 0 Å². The van der Waals surface area contributed by atoms with Gasteiger partial charge >= 0.3 is 0 Å². The molecule has 1 atom stereocenters. The molecule has 0 saturated heterocycles. The molecule has 0 fully saturated rings. The van der Waals surface area contributed by atoms with Crippen LogP contribution in [0.4, 0.5) is 5.82 Å². The van der Waals surface area contributed by atoms with Crippen molar-refractivity contribution in [3.63, 3.8) is 0 Å². The van der Waals surface area contributed by atoms with Crippen molar-refractivity contribution in [2.75, 3.05) is 5.43 Å². The van der Waals surface area contributed by atoms with E-state index >= 15 is 0 Å². The number of hydrazine groups is 1. The fourth-order valence-electron chi connectivity index (χ4n) is 1.35. The second-order valence-corrected chi connectivity index (χ2v) is 3.87. The summed E-state index contributed by atoms with van der Waals surface area (Å²) in [4.78, 5) is 26.1. The van der Waals surface area contributed by atoms with Crippen LogP contribution in [0.3, 0.4) is 0 Å². The third-order valence-electron chi connectivity index (χ3n) is 2.08. The number of amides is 2. The first kappa shape index (κ1) is 13.0. The zero-order chi connectivity index (χ0) is 12.7. The third kappa shape index (κ3) is 5.50. The minimum Gasteiger partial charge on any atom is -0.370 e. The highest BCUT2D eigenvalue weighted by Crippen LogP contribution is 2.06. The summed E-state index contributed by atoms with van der Waals surface area (Å²) in [5, 5.41) is 0. The standard InChI is InChI=1S/C11H16N4O2/c1-8(6-9(12)16)7-11(17)15-14-10-4-2-3-5-13-10/h2-5,8H,6-7H2,1H3,(H2,12,16)(H,13,14)(H,15,17)/t8-/m1/s1. The topological polar surface area (TPSA) is 97.1 Å². The Morgan fingerprint density at radius 1 is 1.41 bits per heavy atom. The molecule has 6 heteroatoms. The molecule has 0 aliphatic heterocycles. The van der Waals surface area contributed by atoms with Gasteiger partial charge in [-0.2, -0.15) is 0 Å². The van der Waals surface area contributed by atoms with Crippen molar-refractivity contribution in [2.24, 2.45) is 11.7 Å². The van der Waals surface area contributed by atoms with Gasteiger partial charge in [0.15, 0.2) is 0 Å². The lowest BCUT2D eigenvalue weighted by Crippen LogP contribution is -2.31. The van der Waals surface area contributed by atoms with E-state index in [-0.39, 0.29) is 24.7 Å². The van der Waals surface area contributed by atoms with Crippen molar-refractivity contribution >= 4 is 17.6 Å². The van der Waals surface area contributed by atoms with Gasteiger partial charge in [-0.25, -0.2) is 4.98 Å². The van der Waals surface area contributed by atoms with Gasteiger partial charge in [0.1, 0.15) is 5.82 Å². The fourth-order valence-corrected chi connectivity index (χ4v) is 1.35. The molecule has 4 N–H and O–H groups in total. The van der Waals surface area contributed by atoms with Crippen molar-refractivity contribution in [1.29, 1.82) is 0 Å². The Morgan fingerprint density at radius 3 is 2.76 bits per heavy atom. The molecule has 0 aliphatic rings. The predicted molar refractivity (Wildman–Crippen MR) is 63.6 cm³/mol. The zero-order valence-corrected chi connectivity index (χ0v) is 9.64. The average Bonchev–Trinajstić information content (AvgIpc) is 2.26. The fraction of sp³-hybridized carbons (Fsp3) is 0.364. The van der Waals surface area contributed by atoms with Gasteiger partial charge < -0.3 is 5.73 Å². The number of anilines is 1. The maximum absolute atomic E-state index is 11.5. The van der Waals surface area contributed by atoms with Crippen LogP contribution in [0.25, 0.3) is 0 Å². The van der Waals surface area contributed by atoms with Crippen molar-refractivity contribution in [1.82, 2.24) is 10.4 Å². The van der Waals surface area contributed by atoms with Gasteiger partial charge in [0.25, 0.3) is 0 Å². The van der Waals surface area contributed by atoms with Crippen LogP contribution in [0.15, 0.2) is 24.4 Å². The number of nitrogens with two attached hydrogens (primary N) is 1. The predicted octanol–water partition coefficient (Wildman–Crippen LogP) is 0.426. The molecule has 1 aromatic heterocycles. The van der Waals surface area contributed by atoms with Gasteiger partial charge in [0.05, 0.1) is 0 Å². The van der Waals surface area contributed by atoms with Crippen LogP contribution in [0, 0.1) is 5.92 Å². The Balaban J connectivity index is 2.28. The first-order valence-electron chi connectivity index (χ1n) is 5.32. The molecular formula is C11H16N4O2. The lowest BCUT2D eigenvalue weighted by atomic mass is 10.0. The van der Waals surface area contributed by atoms with Crippen LogP contribution in [0.1, 0.15) is 19.8 Å². The van der Waals surface area contributed by atoms with E-state index in [1.54, 1.807) is 31.3 Å². The zero-order valence-electron chi connectivity index (χ0n) is 9.64. The monoisotopic (exact) mass is 236 g/mol. The number of hydrogen-bond acceptors (Lipinski definition) is 4. The highest BCUT2D eigenvalue weighted by Gasteiger charge is 2.11. The van der Waals surface area contributed by atoms with E-state index in [4.69, 9.17) is 5.73 Å². The van der Waals surface area contributed by atoms with Gasteiger partial charge in [0.2, 0.25) is 11.8 Å². The number of aromatic nitrogens is 1. The van der Waals surface area contributed by atoms with E-state index in [0.29, 0.717) is 5.82 Å². The van der Waals surface area contributed by atoms with E-state index < -0.39 is 5.91 Å². The molecule has 0 bridgehead atoms. The first-order valence-corrected chi connectivity index (χ1v) is 5.32. The number of carbonyl (C=O) groups excluding carboxylic acids is 2. The first-order chi connectivity index (χ1) is 8.08. The smallest absolute Gasteiger partial charge is 0.238 e. The second-order valence-electron chi connectivity index (χ2n) is 3.87. The molecule has 0 aliphatic carbocycles. The van der Waals surface area contributed by atoms with E-state index in [2.05, 4.69) is 15.8 Å². The number of pyridine rings is 1. The molecule has 17 heavy (non-hydrogen) atoms. The molecule has 2 amide bonds. The van der Waals surface area contributed by atoms with E-state index in [9.17, 15) is 9.59 Å². The van der Waals surface area contributed by atoms with Gasteiger partial charge in [-0.05, 0) is 18.1 Å². The van der Waals surface area contributed by atoms with Gasteiger partial charge in [0, 0.05) is 19.0 Å². The highest BCUT2D eigenvalue weighted by atomic mass is 16.2. The summed E-state index contributed by atoms with van der Waals surface area (Å²) in [5.74, 6) is -0.117. The summed E-state index contributed by atoms with van der Waals surface area (Å²) in [7, 11) is 0. The second kappa shape index (κ2) is 6.47. The minimum absolute atomic E-state index is 0.0713. The SMILES string of the molecule is C[C@H](CC(N)=O)CC(=O)NNc1ccccn1. The summed E-state index contributed by atoms with van der Waals surface area (Å²) in [6.07, 6.45) is 2.06. The Morgan fingerprint density at radius 2 is 2.18 bits per heavy atom. The molecule has 1 aromatic rings. The van der Waals surface area contributed by atoms with Crippen molar-refractivity contribution in [3.05, 3.63) is 24.4 Å². The molecule has 1 heterocycles. The van der Waals surface area contributed by atoms with E-state index in [1.807, 2.05) is 0 Å². The molecular weight excluding hydrogens is 220 g/mol. The van der Waals surface area contributed by atoms with E-state index in [0.717, 1.165) is 0 Å². The minimum atomic E-state index is -0.400. The highest BCUT2D eigenvalue weighted by molar-refractivity contribution is 5.79. The number of nitrogens with one attached hydrogen (secondary N) is 2. The maximum atomic E-state index is 11.5. The molecule has 1 rings (SSSR count). The largest absolute Gasteiger partial charge is 0.370 e. The average molecular weight is 236 g/mol. The van der Waals surface area contributed by atoms with Crippen LogP contribution in [0.2, 0.25) is 0 Å². The molecule has 0 unspecified atom stereocenters. The van der Waals surface area contributed by atoms with Crippen LogP contribution in [-0.2, 0) is 9.59 Å². The lowest BCUT2D eigenvalue weighted by Gasteiger charge is -2.10. The van der Waals surface area contributed by atoms with Crippen molar-refractivity contribution in [2.45, 2.75) is 19.8 Å². The molecule has 0 saturated carbocycles. The van der Waals surface area contributed by atoms with Gasteiger partial charge in [-0.1, -0.05) is 13.0 Å².